The van der Waals surface area contributed by atoms with Crippen LogP contribution in [0.15, 0.2) is 0 Å². The first-order chi connectivity index (χ1) is 6.67. The Labute approximate surface area is 87.1 Å². The molecular formula is C11H23NO2. The van der Waals surface area contributed by atoms with Gasteiger partial charge < -0.3 is 10.0 Å². The number of hydrogen-bond donors (Lipinski definition) is 1. The Morgan fingerprint density at radius 3 is 2.14 bits per heavy atom. The van der Waals surface area contributed by atoms with E-state index in [1.54, 1.807) is 11.9 Å². The third kappa shape index (κ3) is 4.61. The Balaban J connectivity index is 4.11. The summed E-state index contributed by atoms with van der Waals surface area (Å²) >= 11 is 0. The van der Waals surface area contributed by atoms with Crippen molar-refractivity contribution in [2.45, 2.75) is 39.5 Å². The summed E-state index contributed by atoms with van der Waals surface area (Å²) in [7, 11) is 1.76. The molecule has 0 aliphatic heterocycles. The molecule has 0 atom stereocenters. The SMILES string of the molecule is CCCC(CCC)C(=O)N(C)CCO. The van der Waals surface area contributed by atoms with Gasteiger partial charge in [-0.2, -0.15) is 0 Å². The standard InChI is InChI=1S/C11H23NO2/c1-4-6-10(7-5-2)11(14)12(3)8-9-13/h10,13H,4-9H2,1-3H3. The molecule has 1 N–H and O–H groups in total. The Bertz CT molecular complexity index is 153. The molecule has 0 aromatic heterocycles. The van der Waals surface area contributed by atoms with E-state index in [0.29, 0.717) is 6.54 Å². The van der Waals surface area contributed by atoms with Crippen molar-refractivity contribution in [1.82, 2.24) is 4.90 Å². The van der Waals surface area contributed by atoms with Crippen LogP contribution in [0.5, 0.6) is 0 Å². The number of likely N-dealkylation sites (N-methyl/N-ethyl adjacent to an activating group) is 1. The van der Waals surface area contributed by atoms with Gasteiger partial charge in [0, 0.05) is 19.5 Å². The minimum absolute atomic E-state index is 0.0488. The summed E-state index contributed by atoms with van der Waals surface area (Å²) in [6, 6.07) is 0. The molecule has 0 rings (SSSR count). The van der Waals surface area contributed by atoms with Gasteiger partial charge in [-0.25, -0.2) is 0 Å². The van der Waals surface area contributed by atoms with E-state index in [9.17, 15) is 4.79 Å². The van der Waals surface area contributed by atoms with Crippen molar-refractivity contribution >= 4 is 5.91 Å². The highest BCUT2D eigenvalue weighted by Gasteiger charge is 2.19. The van der Waals surface area contributed by atoms with E-state index < -0.39 is 0 Å². The van der Waals surface area contributed by atoms with Crippen LogP contribution in [0.3, 0.4) is 0 Å². The average molecular weight is 201 g/mol. The van der Waals surface area contributed by atoms with Gasteiger partial charge in [-0.15, -0.1) is 0 Å². The molecule has 3 heteroatoms. The number of amides is 1. The second-order valence-electron chi connectivity index (χ2n) is 3.76. The maximum Gasteiger partial charge on any atom is 0.225 e. The Kier molecular flexibility index (Phi) is 7.48. The molecule has 0 radical (unpaired) electrons. The van der Waals surface area contributed by atoms with E-state index in [1.165, 1.54) is 0 Å². The number of carbonyl (C=O) groups excluding carboxylic acids is 1. The molecule has 14 heavy (non-hydrogen) atoms. The largest absolute Gasteiger partial charge is 0.395 e. The minimum atomic E-state index is 0.0488. The topological polar surface area (TPSA) is 40.5 Å². The molecule has 0 saturated carbocycles. The van der Waals surface area contributed by atoms with Gasteiger partial charge in [0.05, 0.1) is 6.61 Å². The molecule has 0 saturated heterocycles. The van der Waals surface area contributed by atoms with Crippen molar-refractivity contribution < 1.29 is 9.90 Å². The van der Waals surface area contributed by atoms with Crippen LogP contribution in [0.2, 0.25) is 0 Å². The minimum Gasteiger partial charge on any atom is -0.395 e. The zero-order chi connectivity index (χ0) is 11.0. The highest BCUT2D eigenvalue weighted by molar-refractivity contribution is 5.78. The lowest BCUT2D eigenvalue weighted by molar-refractivity contribution is -0.135. The number of aliphatic hydroxyl groups is 1. The lowest BCUT2D eigenvalue weighted by atomic mass is 9.97. The molecule has 0 aromatic carbocycles. The van der Waals surface area contributed by atoms with Crippen molar-refractivity contribution in [3.63, 3.8) is 0 Å². The van der Waals surface area contributed by atoms with Gasteiger partial charge in [0.25, 0.3) is 0 Å². The Hall–Kier alpha value is -0.570. The molecule has 84 valence electrons. The molecule has 1 amide bonds. The summed E-state index contributed by atoms with van der Waals surface area (Å²) in [6.07, 6.45) is 4.01. The van der Waals surface area contributed by atoms with Crippen LogP contribution in [-0.4, -0.2) is 36.1 Å². The third-order valence-electron chi connectivity index (χ3n) is 2.44. The first kappa shape index (κ1) is 13.4. The van der Waals surface area contributed by atoms with E-state index in [4.69, 9.17) is 5.11 Å². The summed E-state index contributed by atoms with van der Waals surface area (Å²) in [5, 5.41) is 8.73. The smallest absolute Gasteiger partial charge is 0.225 e. The molecule has 0 heterocycles. The van der Waals surface area contributed by atoms with Crippen molar-refractivity contribution in [2.75, 3.05) is 20.2 Å². The van der Waals surface area contributed by atoms with Crippen LogP contribution in [-0.2, 0) is 4.79 Å². The van der Waals surface area contributed by atoms with Gasteiger partial charge >= 0.3 is 0 Å². The number of hydrogen-bond acceptors (Lipinski definition) is 2. The number of nitrogens with zero attached hydrogens (tertiary/aromatic N) is 1. The lowest BCUT2D eigenvalue weighted by Crippen LogP contribution is -2.34. The third-order valence-corrected chi connectivity index (χ3v) is 2.44. The highest BCUT2D eigenvalue weighted by Crippen LogP contribution is 2.15. The normalized spacial score (nSPS) is 10.6. The molecule has 0 aliphatic carbocycles. The second kappa shape index (κ2) is 7.80. The predicted octanol–water partition coefficient (Wildman–Crippen LogP) is 1.65. The molecule has 0 spiro atoms. The van der Waals surface area contributed by atoms with Crippen molar-refractivity contribution in [1.29, 1.82) is 0 Å². The maximum atomic E-state index is 11.8. The lowest BCUT2D eigenvalue weighted by Gasteiger charge is -2.22. The zero-order valence-corrected chi connectivity index (χ0v) is 9.62. The van der Waals surface area contributed by atoms with Crippen molar-refractivity contribution in [3.05, 3.63) is 0 Å². The van der Waals surface area contributed by atoms with Gasteiger partial charge in [0.1, 0.15) is 0 Å². The number of aliphatic hydroxyl groups excluding tert-OH is 1. The summed E-state index contributed by atoms with van der Waals surface area (Å²) in [4.78, 5) is 13.5. The van der Waals surface area contributed by atoms with Gasteiger partial charge in [0.2, 0.25) is 5.91 Å². The van der Waals surface area contributed by atoms with Gasteiger partial charge in [-0.05, 0) is 12.8 Å². The molecule has 3 nitrogen and oxygen atoms in total. The first-order valence-electron chi connectivity index (χ1n) is 5.53. The molecular weight excluding hydrogens is 178 g/mol. The quantitative estimate of drug-likeness (QED) is 0.680. The zero-order valence-electron chi connectivity index (χ0n) is 9.62. The van der Waals surface area contributed by atoms with Crippen LogP contribution < -0.4 is 0 Å². The van der Waals surface area contributed by atoms with E-state index >= 15 is 0 Å². The highest BCUT2D eigenvalue weighted by atomic mass is 16.3. The number of rotatable bonds is 7. The monoisotopic (exact) mass is 201 g/mol. The van der Waals surface area contributed by atoms with E-state index in [1.807, 2.05) is 0 Å². The van der Waals surface area contributed by atoms with Gasteiger partial charge in [-0.3, -0.25) is 4.79 Å². The molecule has 0 aliphatic rings. The Morgan fingerprint density at radius 2 is 1.79 bits per heavy atom. The van der Waals surface area contributed by atoms with Crippen molar-refractivity contribution in [2.24, 2.45) is 5.92 Å². The van der Waals surface area contributed by atoms with Crippen LogP contribution in [0, 0.1) is 5.92 Å². The van der Waals surface area contributed by atoms with Gasteiger partial charge in [0.15, 0.2) is 0 Å². The van der Waals surface area contributed by atoms with E-state index in [2.05, 4.69) is 13.8 Å². The molecule has 0 fully saturated rings. The van der Waals surface area contributed by atoms with E-state index in [0.717, 1.165) is 25.7 Å². The van der Waals surface area contributed by atoms with Crippen LogP contribution in [0.4, 0.5) is 0 Å². The summed E-state index contributed by atoms with van der Waals surface area (Å²) < 4.78 is 0. The fourth-order valence-electron chi connectivity index (χ4n) is 1.66. The average Bonchev–Trinajstić information content (AvgIpc) is 2.17. The second-order valence-corrected chi connectivity index (χ2v) is 3.76. The number of carbonyl (C=O) groups is 1. The van der Waals surface area contributed by atoms with Crippen molar-refractivity contribution in [3.8, 4) is 0 Å². The van der Waals surface area contributed by atoms with E-state index in [-0.39, 0.29) is 18.4 Å². The van der Waals surface area contributed by atoms with Crippen LogP contribution in [0.1, 0.15) is 39.5 Å². The van der Waals surface area contributed by atoms with Crippen LogP contribution >= 0.6 is 0 Å². The first-order valence-corrected chi connectivity index (χ1v) is 5.53. The fourth-order valence-corrected chi connectivity index (χ4v) is 1.66. The predicted molar refractivity (Wildman–Crippen MR) is 58.0 cm³/mol. The molecule has 0 aromatic rings. The summed E-state index contributed by atoms with van der Waals surface area (Å²) in [5.41, 5.74) is 0. The Morgan fingerprint density at radius 1 is 1.29 bits per heavy atom. The van der Waals surface area contributed by atoms with Crippen LogP contribution in [0.25, 0.3) is 0 Å². The fraction of sp³-hybridized carbons (Fsp3) is 0.909. The van der Waals surface area contributed by atoms with Gasteiger partial charge in [-0.1, -0.05) is 26.7 Å². The molecule has 0 bridgehead atoms. The summed E-state index contributed by atoms with van der Waals surface area (Å²) in [6.45, 7) is 4.69. The summed E-state index contributed by atoms with van der Waals surface area (Å²) in [5.74, 6) is 0.337. The maximum absolute atomic E-state index is 11.8. The molecule has 0 unspecified atom stereocenters.